The van der Waals surface area contributed by atoms with Crippen molar-refractivity contribution >= 4 is 29.4 Å². The predicted octanol–water partition coefficient (Wildman–Crippen LogP) is 4.64. The number of carboxylic acid groups (broad SMARTS) is 1. The van der Waals surface area contributed by atoms with Crippen LogP contribution in [-0.4, -0.2) is 34.8 Å². The van der Waals surface area contributed by atoms with Crippen LogP contribution in [0.3, 0.4) is 0 Å². The molecule has 0 saturated heterocycles. The molecular weight excluding hydrogens is 580 g/mol. The number of rotatable bonds is 11. The van der Waals surface area contributed by atoms with Crippen LogP contribution in [0.4, 0.5) is 0 Å². The lowest BCUT2D eigenvalue weighted by molar-refractivity contribution is -0.139. The van der Waals surface area contributed by atoms with Crippen LogP contribution < -0.4 is 24.4 Å². The van der Waals surface area contributed by atoms with Gasteiger partial charge in [-0.2, -0.15) is 0 Å². The first-order valence-electron chi connectivity index (χ1n) is 13.9. The molecule has 1 aliphatic rings. The summed E-state index contributed by atoms with van der Waals surface area (Å²) in [7, 11) is 0. The fourth-order valence-electron chi connectivity index (χ4n) is 4.78. The molecule has 1 aromatic heterocycles. The number of aromatic nitrogens is 1. The van der Waals surface area contributed by atoms with Gasteiger partial charge >= 0.3 is 11.9 Å². The second kappa shape index (κ2) is 13.4. The summed E-state index contributed by atoms with van der Waals surface area (Å²) in [6, 6.07) is 20.3. The van der Waals surface area contributed by atoms with Gasteiger partial charge in [-0.1, -0.05) is 60.4 Å². The van der Waals surface area contributed by atoms with Gasteiger partial charge in [0.25, 0.3) is 5.56 Å². The summed E-state index contributed by atoms with van der Waals surface area (Å²) in [4.78, 5) is 43.3. The summed E-state index contributed by atoms with van der Waals surface area (Å²) < 4.78 is 18.8. The van der Waals surface area contributed by atoms with Crippen molar-refractivity contribution in [3.63, 3.8) is 0 Å². The van der Waals surface area contributed by atoms with Gasteiger partial charge in [-0.05, 0) is 73.0 Å². The van der Waals surface area contributed by atoms with E-state index in [1.165, 1.54) is 22.0 Å². The molecule has 0 radical (unpaired) electrons. The monoisotopic (exact) mass is 610 g/mol. The molecule has 3 aromatic carbocycles. The molecule has 5 rings (SSSR count). The van der Waals surface area contributed by atoms with Crippen LogP contribution >= 0.6 is 11.3 Å². The molecule has 2 heterocycles. The second-order valence-electron chi connectivity index (χ2n) is 9.83. The minimum Gasteiger partial charge on any atom is -0.490 e. The number of benzene rings is 3. The van der Waals surface area contributed by atoms with Gasteiger partial charge in [-0.25, -0.2) is 14.6 Å². The third kappa shape index (κ3) is 6.55. The third-order valence-electron chi connectivity index (χ3n) is 6.84. The quantitative estimate of drug-likeness (QED) is 0.194. The molecular formula is C34H30N2O7S. The van der Waals surface area contributed by atoms with Crippen LogP contribution in [0.15, 0.2) is 107 Å². The SMILES string of the molecule is C=CCOc1ccc([C@H]2C(C(=O)OCC)=C(C)N=c3s/c(=C\c4ccc(OCc5cccc(C(=O)O)c5)cc4)c(=O)n32)cc1. The Kier molecular flexibility index (Phi) is 9.20. The largest absolute Gasteiger partial charge is 0.490 e. The van der Waals surface area contributed by atoms with Gasteiger partial charge < -0.3 is 19.3 Å². The van der Waals surface area contributed by atoms with Crippen LogP contribution in [0.5, 0.6) is 11.5 Å². The normalized spacial score (nSPS) is 14.4. The van der Waals surface area contributed by atoms with Crippen LogP contribution in [0.2, 0.25) is 0 Å². The van der Waals surface area contributed by atoms with Crippen LogP contribution in [-0.2, 0) is 16.1 Å². The third-order valence-corrected chi connectivity index (χ3v) is 7.82. The van der Waals surface area contributed by atoms with Gasteiger partial charge in [0, 0.05) is 0 Å². The van der Waals surface area contributed by atoms with E-state index >= 15 is 0 Å². The van der Waals surface area contributed by atoms with Crippen molar-refractivity contribution in [1.82, 2.24) is 4.57 Å². The van der Waals surface area contributed by atoms with Gasteiger partial charge in [-0.3, -0.25) is 9.36 Å². The maximum Gasteiger partial charge on any atom is 0.338 e. The van der Waals surface area contributed by atoms with E-state index in [2.05, 4.69) is 11.6 Å². The van der Waals surface area contributed by atoms with Crippen molar-refractivity contribution in [2.24, 2.45) is 4.99 Å². The Morgan fingerprint density at radius 1 is 1.05 bits per heavy atom. The number of hydrogen-bond donors (Lipinski definition) is 1. The van der Waals surface area contributed by atoms with Gasteiger partial charge in [0.1, 0.15) is 24.7 Å². The molecule has 0 saturated carbocycles. The number of nitrogens with zero attached hydrogens (tertiary/aromatic N) is 2. The summed E-state index contributed by atoms with van der Waals surface area (Å²) >= 11 is 1.24. The zero-order valence-corrected chi connectivity index (χ0v) is 25.0. The first kappa shape index (κ1) is 30.2. The number of carbonyl (C=O) groups excluding carboxylic acids is 1. The van der Waals surface area contributed by atoms with Gasteiger partial charge in [0.05, 0.1) is 34.0 Å². The highest BCUT2D eigenvalue weighted by Gasteiger charge is 2.33. The van der Waals surface area contributed by atoms with Gasteiger partial charge in [-0.15, -0.1) is 0 Å². The molecule has 0 amide bonds. The molecule has 9 nitrogen and oxygen atoms in total. The number of esters is 1. The Balaban J connectivity index is 1.45. The van der Waals surface area contributed by atoms with Crippen LogP contribution in [0.1, 0.15) is 46.9 Å². The first-order chi connectivity index (χ1) is 21.3. The van der Waals surface area contributed by atoms with Gasteiger partial charge in [0.2, 0.25) is 0 Å². The minimum absolute atomic E-state index is 0.190. The van der Waals surface area contributed by atoms with Crippen molar-refractivity contribution in [1.29, 1.82) is 0 Å². The van der Waals surface area contributed by atoms with E-state index in [4.69, 9.17) is 14.2 Å². The molecule has 10 heteroatoms. The summed E-state index contributed by atoms with van der Waals surface area (Å²) in [5.74, 6) is -0.280. The maximum absolute atomic E-state index is 13.8. The number of ether oxygens (including phenoxy) is 3. The van der Waals surface area contributed by atoms with Crippen LogP contribution in [0.25, 0.3) is 6.08 Å². The number of hydrogen-bond acceptors (Lipinski definition) is 8. The number of carbonyl (C=O) groups is 2. The number of thiazole rings is 1. The smallest absolute Gasteiger partial charge is 0.338 e. The standard InChI is InChI=1S/C34H30N2O7S/c1-4-17-42-26-15-11-24(12-16-26)30-29(33(40)41-5-2)21(3)35-34-36(30)31(37)28(44-34)19-22-9-13-27(14-10-22)43-20-23-7-6-8-25(18-23)32(38)39/h4,6-16,18-19,30H,1,5,17,20H2,2-3H3,(H,38,39)/b28-19-/t30-/m0/s1. The lowest BCUT2D eigenvalue weighted by Gasteiger charge is -2.24. The molecule has 1 aliphatic heterocycles. The Morgan fingerprint density at radius 2 is 1.75 bits per heavy atom. The maximum atomic E-state index is 13.8. The highest BCUT2D eigenvalue weighted by atomic mass is 32.1. The van der Waals surface area contributed by atoms with Crippen LogP contribution in [0, 0.1) is 0 Å². The Bertz CT molecular complexity index is 1920. The van der Waals surface area contributed by atoms with Crippen molar-refractivity contribution in [2.45, 2.75) is 26.5 Å². The summed E-state index contributed by atoms with van der Waals surface area (Å²) in [6.45, 7) is 7.90. The number of aromatic carboxylic acids is 1. The van der Waals surface area contributed by atoms with Crippen molar-refractivity contribution in [3.05, 3.63) is 139 Å². The van der Waals surface area contributed by atoms with Crippen molar-refractivity contribution < 1.29 is 28.9 Å². The van der Waals surface area contributed by atoms with E-state index in [9.17, 15) is 19.5 Å². The molecule has 1 N–H and O–H groups in total. The molecule has 0 aliphatic carbocycles. The zero-order chi connectivity index (χ0) is 31.2. The number of fused-ring (bicyclic) bond motifs is 1. The molecule has 0 fully saturated rings. The highest BCUT2D eigenvalue weighted by Crippen LogP contribution is 2.31. The lowest BCUT2D eigenvalue weighted by atomic mass is 9.96. The van der Waals surface area contributed by atoms with E-state index in [0.717, 1.165) is 16.7 Å². The Hall–Kier alpha value is -5.22. The lowest BCUT2D eigenvalue weighted by Crippen LogP contribution is -2.39. The molecule has 1 atom stereocenters. The Labute approximate surface area is 257 Å². The van der Waals surface area contributed by atoms with E-state index < -0.39 is 18.0 Å². The summed E-state index contributed by atoms with van der Waals surface area (Å²) in [5.41, 5.74) is 2.95. The molecule has 0 spiro atoms. The predicted molar refractivity (Wildman–Crippen MR) is 167 cm³/mol. The van der Waals surface area contributed by atoms with Crippen molar-refractivity contribution in [3.8, 4) is 11.5 Å². The highest BCUT2D eigenvalue weighted by molar-refractivity contribution is 7.07. The molecule has 4 aromatic rings. The molecule has 0 unspecified atom stereocenters. The van der Waals surface area contributed by atoms with E-state index in [-0.39, 0.29) is 24.3 Å². The number of carboxylic acids is 1. The van der Waals surface area contributed by atoms with E-state index in [1.54, 1.807) is 68.5 Å². The second-order valence-corrected chi connectivity index (χ2v) is 10.8. The van der Waals surface area contributed by atoms with E-state index in [1.807, 2.05) is 24.3 Å². The average Bonchev–Trinajstić information content (AvgIpc) is 3.33. The number of allylic oxidation sites excluding steroid dienone is 1. The van der Waals surface area contributed by atoms with Crippen molar-refractivity contribution in [2.75, 3.05) is 13.2 Å². The fourth-order valence-corrected chi connectivity index (χ4v) is 5.83. The first-order valence-corrected chi connectivity index (χ1v) is 14.7. The zero-order valence-electron chi connectivity index (χ0n) is 24.2. The molecule has 0 bridgehead atoms. The summed E-state index contributed by atoms with van der Waals surface area (Å²) in [6.07, 6.45) is 3.43. The minimum atomic E-state index is -0.994. The molecule has 224 valence electrons. The Morgan fingerprint density at radius 3 is 2.43 bits per heavy atom. The van der Waals surface area contributed by atoms with Gasteiger partial charge in [0.15, 0.2) is 4.80 Å². The topological polar surface area (TPSA) is 116 Å². The van der Waals surface area contributed by atoms with E-state index in [0.29, 0.717) is 38.7 Å². The summed E-state index contributed by atoms with van der Waals surface area (Å²) in [5, 5.41) is 9.20. The average molecular weight is 611 g/mol. The molecule has 44 heavy (non-hydrogen) atoms. The fraction of sp³-hybridized carbons (Fsp3) is 0.176.